The molecule has 1 saturated heterocycles. The predicted molar refractivity (Wildman–Crippen MR) is 79.5 cm³/mol. The molecule has 1 aliphatic heterocycles. The minimum atomic E-state index is -0.679. The second-order valence-corrected chi connectivity index (χ2v) is 7.91. The van der Waals surface area contributed by atoms with Crippen LogP contribution in [0.3, 0.4) is 0 Å². The quantitative estimate of drug-likeness (QED) is 0.743. The minimum Gasteiger partial charge on any atom is -0.388 e. The largest absolute Gasteiger partial charge is 0.388 e. The summed E-state index contributed by atoms with van der Waals surface area (Å²) < 4.78 is 0.194. The fourth-order valence-electron chi connectivity index (χ4n) is 2.94. The Morgan fingerprint density at radius 1 is 1.11 bits per heavy atom. The molecule has 19 heavy (non-hydrogen) atoms. The molecule has 2 aliphatic rings. The van der Waals surface area contributed by atoms with E-state index in [0.717, 1.165) is 25.7 Å². The van der Waals surface area contributed by atoms with Crippen molar-refractivity contribution in [2.75, 3.05) is 18.8 Å². The van der Waals surface area contributed by atoms with Crippen molar-refractivity contribution in [2.45, 2.75) is 62.2 Å². The highest BCUT2D eigenvalue weighted by atomic mass is 32.2. The molecule has 5 heteroatoms. The third-order valence-electron chi connectivity index (χ3n) is 4.29. The van der Waals surface area contributed by atoms with Crippen molar-refractivity contribution in [3.05, 3.63) is 0 Å². The Labute approximate surface area is 120 Å². The number of urea groups is 1. The average Bonchev–Trinajstić information content (AvgIpc) is 2.83. The predicted octanol–water partition coefficient (Wildman–Crippen LogP) is 2.27. The van der Waals surface area contributed by atoms with Crippen LogP contribution in [0.4, 0.5) is 4.79 Å². The van der Waals surface area contributed by atoms with E-state index in [9.17, 15) is 9.90 Å². The lowest BCUT2D eigenvalue weighted by molar-refractivity contribution is 0.00719. The highest BCUT2D eigenvalue weighted by Gasteiger charge is 2.31. The molecule has 1 saturated carbocycles. The van der Waals surface area contributed by atoms with Gasteiger partial charge in [0.05, 0.1) is 5.60 Å². The number of hydrogen-bond donors (Lipinski definition) is 3. The molecule has 2 fully saturated rings. The van der Waals surface area contributed by atoms with E-state index >= 15 is 0 Å². The molecule has 0 aromatic rings. The molecular formula is C14H26N2O2S. The minimum absolute atomic E-state index is 0.146. The molecule has 2 amide bonds. The van der Waals surface area contributed by atoms with Gasteiger partial charge in [-0.25, -0.2) is 4.79 Å². The topological polar surface area (TPSA) is 61.4 Å². The third-order valence-corrected chi connectivity index (χ3v) is 5.82. The normalized spacial score (nSPS) is 30.0. The van der Waals surface area contributed by atoms with E-state index in [0.29, 0.717) is 13.1 Å². The van der Waals surface area contributed by atoms with Crippen LogP contribution in [0.15, 0.2) is 0 Å². The van der Waals surface area contributed by atoms with Gasteiger partial charge in [-0.2, -0.15) is 11.8 Å². The number of hydrogen-bond acceptors (Lipinski definition) is 3. The number of aliphatic hydroxyl groups is 1. The summed E-state index contributed by atoms with van der Waals surface area (Å²) in [7, 11) is 0. The Hall–Kier alpha value is -0.420. The molecule has 0 spiro atoms. The van der Waals surface area contributed by atoms with E-state index in [1.54, 1.807) is 0 Å². The average molecular weight is 286 g/mol. The van der Waals surface area contributed by atoms with Gasteiger partial charge in [-0.15, -0.1) is 0 Å². The van der Waals surface area contributed by atoms with Crippen LogP contribution in [0.25, 0.3) is 0 Å². The SMILES string of the molecule is CC1(CNC(=O)NCC2(O)CCCCC2)CCCS1. The van der Waals surface area contributed by atoms with Crippen molar-refractivity contribution in [1.29, 1.82) is 0 Å². The first kappa shape index (κ1) is 15.0. The third kappa shape index (κ3) is 4.56. The summed E-state index contributed by atoms with van der Waals surface area (Å²) in [5, 5.41) is 16.1. The first-order valence-corrected chi connectivity index (χ1v) is 8.38. The molecule has 0 bridgehead atoms. The van der Waals surface area contributed by atoms with Crippen molar-refractivity contribution >= 4 is 17.8 Å². The van der Waals surface area contributed by atoms with Crippen LogP contribution in [0, 0.1) is 0 Å². The summed E-state index contributed by atoms with van der Waals surface area (Å²) in [5.74, 6) is 1.19. The maximum absolute atomic E-state index is 11.8. The van der Waals surface area contributed by atoms with Crippen LogP contribution in [-0.2, 0) is 0 Å². The van der Waals surface area contributed by atoms with Gasteiger partial charge in [0.15, 0.2) is 0 Å². The van der Waals surface area contributed by atoms with E-state index in [1.807, 2.05) is 11.8 Å². The van der Waals surface area contributed by atoms with Crippen LogP contribution in [-0.4, -0.2) is 40.3 Å². The second-order valence-electron chi connectivity index (χ2n) is 6.22. The monoisotopic (exact) mass is 286 g/mol. The molecule has 3 N–H and O–H groups in total. The van der Waals surface area contributed by atoms with Crippen LogP contribution < -0.4 is 10.6 Å². The molecule has 110 valence electrons. The number of carbonyl (C=O) groups excluding carboxylic acids is 1. The molecule has 1 unspecified atom stereocenters. The molecule has 0 aromatic heterocycles. The Morgan fingerprint density at radius 3 is 2.42 bits per heavy atom. The zero-order valence-electron chi connectivity index (χ0n) is 11.8. The van der Waals surface area contributed by atoms with Gasteiger partial charge in [0.1, 0.15) is 0 Å². The lowest BCUT2D eigenvalue weighted by Crippen LogP contribution is -2.49. The van der Waals surface area contributed by atoms with Crippen LogP contribution >= 0.6 is 11.8 Å². The zero-order chi connectivity index (χ0) is 13.8. The van der Waals surface area contributed by atoms with Crippen LogP contribution in [0.1, 0.15) is 51.9 Å². The van der Waals surface area contributed by atoms with Crippen molar-refractivity contribution < 1.29 is 9.90 Å². The van der Waals surface area contributed by atoms with Crippen molar-refractivity contribution in [1.82, 2.24) is 10.6 Å². The lowest BCUT2D eigenvalue weighted by atomic mass is 9.85. The highest BCUT2D eigenvalue weighted by molar-refractivity contribution is 8.00. The van der Waals surface area contributed by atoms with Gasteiger partial charge in [0.25, 0.3) is 0 Å². The number of thioether (sulfide) groups is 1. The molecule has 4 nitrogen and oxygen atoms in total. The van der Waals surface area contributed by atoms with Gasteiger partial charge in [0, 0.05) is 17.8 Å². The smallest absolute Gasteiger partial charge is 0.314 e. The second kappa shape index (κ2) is 6.35. The Kier molecular flexibility index (Phi) is 5.01. The molecule has 2 rings (SSSR count). The number of nitrogens with one attached hydrogen (secondary N) is 2. The summed E-state index contributed by atoms with van der Waals surface area (Å²) in [4.78, 5) is 11.8. The Bertz CT molecular complexity index is 311. The fourth-order valence-corrected chi connectivity index (χ4v) is 4.18. The molecule has 1 atom stereocenters. The van der Waals surface area contributed by atoms with Crippen molar-refractivity contribution in [3.8, 4) is 0 Å². The zero-order valence-corrected chi connectivity index (χ0v) is 12.7. The van der Waals surface area contributed by atoms with E-state index in [4.69, 9.17) is 0 Å². The van der Waals surface area contributed by atoms with E-state index < -0.39 is 5.60 Å². The number of carbonyl (C=O) groups is 1. The Balaban J connectivity index is 1.66. The van der Waals surface area contributed by atoms with Crippen molar-refractivity contribution in [2.24, 2.45) is 0 Å². The molecule has 1 heterocycles. The summed E-state index contributed by atoms with van der Waals surface area (Å²) >= 11 is 1.94. The first-order valence-electron chi connectivity index (χ1n) is 7.40. The molecule has 1 aliphatic carbocycles. The van der Waals surface area contributed by atoms with E-state index in [-0.39, 0.29) is 10.8 Å². The van der Waals surface area contributed by atoms with Gasteiger partial charge in [-0.1, -0.05) is 19.3 Å². The van der Waals surface area contributed by atoms with E-state index in [2.05, 4.69) is 17.6 Å². The molecule has 0 radical (unpaired) electrons. The number of rotatable bonds is 4. The van der Waals surface area contributed by atoms with Crippen LogP contribution in [0.5, 0.6) is 0 Å². The standard InChI is InChI=1S/C14H26N2O2S/c1-13(6-5-9-19-13)10-15-12(17)16-11-14(18)7-3-2-4-8-14/h18H,2-11H2,1H3,(H2,15,16,17). The summed E-state index contributed by atoms with van der Waals surface area (Å²) in [6, 6.07) is -0.146. The maximum Gasteiger partial charge on any atom is 0.314 e. The summed E-state index contributed by atoms with van der Waals surface area (Å²) in [6.07, 6.45) is 7.35. The molecule has 0 aromatic carbocycles. The van der Waals surface area contributed by atoms with Gasteiger partial charge < -0.3 is 15.7 Å². The lowest BCUT2D eigenvalue weighted by Gasteiger charge is -2.32. The highest BCUT2D eigenvalue weighted by Crippen LogP contribution is 2.36. The van der Waals surface area contributed by atoms with Gasteiger partial charge in [0.2, 0.25) is 0 Å². The van der Waals surface area contributed by atoms with Gasteiger partial charge in [-0.3, -0.25) is 0 Å². The fraction of sp³-hybridized carbons (Fsp3) is 0.929. The van der Waals surface area contributed by atoms with Gasteiger partial charge in [-0.05, 0) is 38.4 Å². The van der Waals surface area contributed by atoms with Crippen LogP contribution in [0.2, 0.25) is 0 Å². The Morgan fingerprint density at radius 2 is 1.79 bits per heavy atom. The first-order chi connectivity index (χ1) is 9.02. The number of amides is 2. The van der Waals surface area contributed by atoms with Crippen molar-refractivity contribution in [3.63, 3.8) is 0 Å². The summed E-state index contributed by atoms with van der Waals surface area (Å²) in [6.45, 7) is 3.30. The van der Waals surface area contributed by atoms with E-state index in [1.165, 1.54) is 25.0 Å². The summed E-state index contributed by atoms with van der Waals surface area (Å²) in [5.41, 5.74) is -0.679. The molecular weight excluding hydrogens is 260 g/mol. The van der Waals surface area contributed by atoms with Gasteiger partial charge >= 0.3 is 6.03 Å². The maximum atomic E-state index is 11.8.